The fraction of sp³-hybridized carbons (Fsp3) is 0.138. The molecule has 36 heavy (non-hydrogen) atoms. The summed E-state index contributed by atoms with van der Waals surface area (Å²) in [5.41, 5.74) is 5.90. The maximum atomic E-state index is 13.0. The number of oxazole rings is 1. The van der Waals surface area contributed by atoms with Gasteiger partial charge in [-0.3, -0.25) is 10.1 Å². The average Bonchev–Trinajstić information content (AvgIpc) is 3.28. The second kappa shape index (κ2) is 9.84. The molecule has 1 heterocycles. The molecule has 0 unspecified atom stereocenters. The van der Waals surface area contributed by atoms with Gasteiger partial charge in [-0.25, -0.2) is 4.98 Å². The third kappa shape index (κ3) is 4.76. The number of nitrogens with zero attached hydrogens (tertiary/aromatic N) is 1. The van der Waals surface area contributed by atoms with Crippen LogP contribution in [-0.2, 0) is 0 Å². The van der Waals surface area contributed by atoms with Crippen LogP contribution in [-0.4, -0.2) is 16.0 Å². The Balaban J connectivity index is 1.37. The molecule has 0 atom stereocenters. The molecule has 5 rings (SSSR count). The molecule has 0 bridgehead atoms. The van der Waals surface area contributed by atoms with Gasteiger partial charge in [0.15, 0.2) is 10.7 Å². The summed E-state index contributed by atoms with van der Waals surface area (Å²) >= 11 is 9.03. The number of hydrogen-bond acceptors (Lipinski definition) is 4. The van der Waals surface area contributed by atoms with Crippen LogP contribution in [0.2, 0.25) is 0 Å². The largest absolute Gasteiger partial charge is 0.436 e. The van der Waals surface area contributed by atoms with Crippen molar-refractivity contribution in [1.82, 2.24) is 10.3 Å². The normalized spacial score (nSPS) is 11.2. The van der Waals surface area contributed by atoms with Crippen molar-refractivity contribution in [2.24, 2.45) is 0 Å². The maximum Gasteiger partial charge on any atom is 0.258 e. The van der Waals surface area contributed by atoms with Gasteiger partial charge in [-0.1, -0.05) is 66.2 Å². The Hall–Kier alpha value is -3.55. The third-order valence-corrected chi connectivity index (χ3v) is 7.05. The lowest BCUT2D eigenvalue weighted by Crippen LogP contribution is -2.34. The molecule has 0 fully saturated rings. The number of carbonyl (C=O) groups excluding carboxylic acids is 1. The number of amides is 1. The van der Waals surface area contributed by atoms with E-state index in [2.05, 4.69) is 52.5 Å². The Morgan fingerprint density at radius 3 is 2.58 bits per heavy atom. The zero-order valence-corrected chi connectivity index (χ0v) is 22.5. The highest BCUT2D eigenvalue weighted by Crippen LogP contribution is 2.30. The van der Waals surface area contributed by atoms with Crippen LogP contribution in [0.3, 0.4) is 0 Å². The standard InChI is InChI=1S/C29H24BrN3O2S/c1-16(2)18-12-13-26-25(14-18)31-28(35-26)19-11-10-17(3)24(15-19)32-29(36)33-27(34)22-8-4-7-21-20(22)6-5-9-23(21)30/h4-16H,1-3H3,(H2,32,33,34,36). The fourth-order valence-electron chi connectivity index (χ4n) is 4.11. The molecule has 4 aromatic carbocycles. The molecule has 5 nitrogen and oxygen atoms in total. The van der Waals surface area contributed by atoms with Gasteiger partial charge in [-0.2, -0.15) is 0 Å². The topological polar surface area (TPSA) is 67.2 Å². The monoisotopic (exact) mass is 557 g/mol. The van der Waals surface area contributed by atoms with E-state index in [0.29, 0.717) is 17.4 Å². The number of fused-ring (bicyclic) bond motifs is 2. The molecule has 2 N–H and O–H groups in total. The van der Waals surface area contributed by atoms with Crippen molar-refractivity contribution < 1.29 is 9.21 Å². The first-order chi connectivity index (χ1) is 17.3. The highest BCUT2D eigenvalue weighted by molar-refractivity contribution is 9.10. The van der Waals surface area contributed by atoms with Crippen molar-refractivity contribution in [2.75, 3.05) is 5.32 Å². The Morgan fingerprint density at radius 2 is 1.78 bits per heavy atom. The summed E-state index contributed by atoms with van der Waals surface area (Å²) in [5.74, 6) is 0.673. The van der Waals surface area contributed by atoms with Gasteiger partial charge in [-0.15, -0.1) is 0 Å². The molecule has 5 aromatic rings. The Labute approximate surface area is 223 Å². The number of aryl methyl sites for hydroxylation is 1. The molecule has 0 aliphatic rings. The van der Waals surface area contributed by atoms with E-state index < -0.39 is 0 Å². The van der Waals surface area contributed by atoms with Crippen LogP contribution in [0.5, 0.6) is 0 Å². The van der Waals surface area contributed by atoms with Crippen LogP contribution >= 0.6 is 28.1 Å². The predicted octanol–water partition coefficient (Wildman–Crippen LogP) is 7.97. The van der Waals surface area contributed by atoms with Gasteiger partial charge in [0.1, 0.15) is 5.52 Å². The molecule has 0 aliphatic carbocycles. The zero-order chi connectivity index (χ0) is 25.4. The Bertz CT molecular complexity index is 1640. The summed E-state index contributed by atoms with van der Waals surface area (Å²) < 4.78 is 6.95. The summed E-state index contributed by atoms with van der Waals surface area (Å²) in [5, 5.41) is 7.99. The van der Waals surface area contributed by atoms with Crippen molar-refractivity contribution in [3.05, 3.63) is 94.0 Å². The number of anilines is 1. The molecule has 0 spiro atoms. The van der Waals surface area contributed by atoms with E-state index >= 15 is 0 Å². The zero-order valence-electron chi connectivity index (χ0n) is 20.1. The van der Waals surface area contributed by atoms with Gasteiger partial charge in [-0.05, 0) is 83.4 Å². The van der Waals surface area contributed by atoms with E-state index in [0.717, 1.165) is 43.2 Å². The average molecular weight is 559 g/mol. The van der Waals surface area contributed by atoms with Crippen molar-refractivity contribution in [3.63, 3.8) is 0 Å². The fourth-order valence-corrected chi connectivity index (χ4v) is 4.81. The van der Waals surface area contributed by atoms with Crippen LogP contribution in [0.15, 0.2) is 81.7 Å². The van der Waals surface area contributed by atoms with E-state index in [-0.39, 0.29) is 11.0 Å². The molecule has 180 valence electrons. The highest BCUT2D eigenvalue weighted by Gasteiger charge is 2.15. The number of benzene rings is 4. The lowest BCUT2D eigenvalue weighted by Gasteiger charge is -2.13. The first-order valence-electron chi connectivity index (χ1n) is 11.6. The second-order valence-electron chi connectivity index (χ2n) is 8.98. The van der Waals surface area contributed by atoms with Gasteiger partial charge in [0.2, 0.25) is 5.89 Å². The molecular formula is C29H24BrN3O2S. The summed E-state index contributed by atoms with van der Waals surface area (Å²) in [6.07, 6.45) is 0. The summed E-state index contributed by atoms with van der Waals surface area (Å²) in [6.45, 7) is 6.28. The number of hydrogen-bond donors (Lipinski definition) is 2. The van der Waals surface area contributed by atoms with Crippen molar-refractivity contribution in [1.29, 1.82) is 0 Å². The Kier molecular flexibility index (Phi) is 6.60. The van der Waals surface area contributed by atoms with E-state index in [9.17, 15) is 4.79 Å². The summed E-state index contributed by atoms with van der Waals surface area (Å²) in [7, 11) is 0. The molecule has 1 aromatic heterocycles. The first kappa shape index (κ1) is 24.2. The predicted molar refractivity (Wildman–Crippen MR) is 154 cm³/mol. The van der Waals surface area contributed by atoms with Gasteiger partial charge in [0, 0.05) is 21.3 Å². The van der Waals surface area contributed by atoms with Crippen LogP contribution in [0.4, 0.5) is 5.69 Å². The molecule has 1 amide bonds. The van der Waals surface area contributed by atoms with Crippen LogP contribution < -0.4 is 10.6 Å². The number of thiocarbonyl (C=S) groups is 1. The van der Waals surface area contributed by atoms with Gasteiger partial charge in [0.05, 0.1) is 0 Å². The minimum absolute atomic E-state index is 0.214. The van der Waals surface area contributed by atoms with E-state index in [4.69, 9.17) is 21.6 Å². The van der Waals surface area contributed by atoms with Crippen LogP contribution in [0.25, 0.3) is 33.3 Å². The molecular weight excluding hydrogens is 534 g/mol. The minimum atomic E-state index is -0.273. The van der Waals surface area contributed by atoms with Crippen molar-refractivity contribution in [2.45, 2.75) is 26.7 Å². The number of rotatable bonds is 4. The minimum Gasteiger partial charge on any atom is -0.436 e. The second-order valence-corrected chi connectivity index (χ2v) is 10.2. The smallest absolute Gasteiger partial charge is 0.258 e. The molecule has 0 radical (unpaired) electrons. The molecule has 7 heteroatoms. The van der Waals surface area contributed by atoms with E-state index in [1.807, 2.05) is 61.5 Å². The van der Waals surface area contributed by atoms with Crippen LogP contribution in [0.1, 0.15) is 41.3 Å². The number of carbonyl (C=O) groups is 1. The lowest BCUT2D eigenvalue weighted by atomic mass is 10.0. The SMILES string of the molecule is Cc1ccc(-c2nc3cc(C(C)C)ccc3o2)cc1NC(=S)NC(=O)c1cccc2c(Br)cccc12. The van der Waals surface area contributed by atoms with Crippen molar-refractivity contribution >= 4 is 66.7 Å². The van der Waals surface area contributed by atoms with Crippen LogP contribution in [0, 0.1) is 6.92 Å². The molecule has 0 saturated heterocycles. The summed E-state index contributed by atoms with van der Waals surface area (Å²) in [4.78, 5) is 17.7. The van der Waals surface area contributed by atoms with Gasteiger partial charge >= 0.3 is 0 Å². The Morgan fingerprint density at radius 1 is 1.00 bits per heavy atom. The number of nitrogens with one attached hydrogen (secondary N) is 2. The van der Waals surface area contributed by atoms with E-state index in [1.54, 1.807) is 6.07 Å². The molecule has 0 saturated carbocycles. The lowest BCUT2D eigenvalue weighted by molar-refractivity contribution is 0.0979. The quantitative estimate of drug-likeness (QED) is 0.219. The number of halogens is 1. The highest BCUT2D eigenvalue weighted by atomic mass is 79.9. The maximum absolute atomic E-state index is 13.0. The van der Waals surface area contributed by atoms with E-state index in [1.165, 1.54) is 5.56 Å². The first-order valence-corrected chi connectivity index (χ1v) is 12.8. The third-order valence-electron chi connectivity index (χ3n) is 6.15. The van der Waals surface area contributed by atoms with Gasteiger partial charge < -0.3 is 9.73 Å². The van der Waals surface area contributed by atoms with Crippen molar-refractivity contribution in [3.8, 4) is 11.5 Å². The molecule has 0 aliphatic heterocycles. The van der Waals surface area contributed by atoms with Gasteiger partial charge in [0.25, 0.3) is 5.91 Å². The number of aromatic nitrogens is 1. The summed E-state index contributed by atoms with van der Waals surface area (Å²) in [6, 6.07) is 23.4.